The molecule has 59 heavy (non-hydrogen) atoms. The third-order valence-electron chi connectivity index (χ3n) is 13.0. The van der Waals surface area contributed by atoms with Gasteiger partial charge in [0.2, 0.25) is 11.8 Å². The molecule has 0 radical (unpaired) electrons. The number of methoxy groups -OCH3 is 3. The van der Waals surface area contributed by atoms with Crippen molar-refractivity contribution in [1.29, 1.82) is 0 Å². The number of carbonyl (C=O) groups is 4. The van der Waals surface area contributed by atoms with Gasteiger partial charge in [0, 0.05) is 38.5 Å². The molecule has 2 aromatic rings. The minimum Gasteiger partial charge on any atom is -0.453 e. The van der Waals surface area contributed by atoms with E-state index >= 15 is 0 Å². The van der Waals surface area contributed by atoms with Crippen molar-refractivity contribution >= 4 is 40.9 Å². The molecule has 5 aliphatic rings. The zero-order valence-corrected chi connectivity index (χ0v) is 35.3. The van der Waals surface area contributed by atoms with E-state index in [4.69, 9.17) is 19.2 Å². The number of nitrogens with one attached hydrogen (secondary N) is 2. The minimum absolute atomic E-state index is 0.00416. The highest BCUT2D eigenvalue weighted by molar-refractivity contribution is 6.04. The van der Waals surface area contributed by atoms with Crippen molar-refractivity contribution < 1.29 is 33.4 Å². The Labute approximate surface area is 348 Å². The van der Waals surface area contributed by atoms with Crippen LogP contribution in [0.15, 0.2) is 76.4 Å². The van der Waals surface area contributed by atoms with Gasteiger partial charge in [-0.15, -0.1) is 0 Å². The van der Waals surface area contributed by atoms with Crippen molar-refractivity contribution in [2.45, 2.75) is 115 Å². The van der Waals surface area contributed by atoms with Crippen LogP contribution in [-0.2, 0) is 23.8 Å². The number of allylic oxidation sites excluding steroid dienone is 4. The highest BCUT2D eigenvalue weighted by Crippen LogP contribution is 2.49. The fourth-order valence-electron chi connectivity index (χ4n) is 9.69. The highest BCUT2D eigenvalue weighted by Gasteiger charge is 2.42. The molecule has 7 rings (SSSR count). The number of hydrogen-bond donors (Lipinski definition) is 2. The Morgan fingerprint density at radius 1 is 0.644 bits per heavy atom. The van der Waals surface area contributed by atoms with Crippen molar-refractivity contribution in [3.05, 3.63) is 82.6 Å². The van der Waals surface area contributed by atoms with Gasteiger partial charge in [-0.1, -0.05) is 62.4 Å². The van der Waals surface area contributed by atoms with Crippen LogP contribution in [-0.4, -0.2) is 104 Å². The molecule has 2 saturated heterocycles. The van der Waals surface area contributed by atoms with Crippen molar-refractivity contribution in [2.75, 3.05) is 34.4 Å². The maximum Gasteiger partial charge on any atom is 0.407 e. The normalized spacial score (nSPS) is 21.9. The minimum atomic E-state index is -0.831. The van der Waals surface area contributed by atoms with Crippen LogP contribution in [0.3, 0.4) is 0 Å². The topological polar surface area (TPSA) is 139 Å². The van der Waals surface area contributed by atoms with E-state index in [2.05, 4.69) is 59.2 Å². The summed E-state index contributed by atoms with van der Waals surface area (Å²) in [5, 5.41) is 5.45. The summed E-state index contributed by atoms with van der Waals surface area (Å²) in [7, 11) is 4.15. The zero-order chi connectivity index (χ0) is 41.8. The molecule has 4 amide bonds. The fourth-order valence-corrected chi connectivity index (χ4v) is 9.69. The number of amides is 4. The van der Waals surface area contributed by atoms with Gasteiger partial charge in [0.15, 0.2) is 0 Å². The van der Waals surface area contributed by atoms with Crippen molar-refractivity contribution in [3.8, 4) is 11.1 Å². The number of alkyl carbamates (subject to hydrolysis) is 2. The van der Waals surface area contributed by atoms with Crippen LogP contribution in [0.1, 0.15) is 96.1 Å². The molecule has 314 valence electrons. The van der Waals surface area contributed by atoms with E-state index in [0.717, 1.165) is 85.8 Å². The van der Waals surface area contributed by atoms with Crippen molar-refractivity contribution in [2.24, 2.45) is 10.9 Å². The third kappa shape index (κ3) is 8.74. The van der Waals surface area contributed by atoms with Gasteiger partial charge in [-0.25, -0.2) is 9.59 Å². The lowest BCUT2D eigenvalue weighted by Gasteiger charge is -2.33. The van der Waals surface area contributed by atoms with Gasteiger partial charge in [-0.2, -0.15) is 0 Å². The smallest absolute Gasteiger partial charge is 0.407 e. The Morgan fingerprint density at radius 3 is 1.76 bits per heavy atom. The molecule has 1 saturated carbocycles. The van der Waals surface area contributed by atoms with Gasteiger partial charge < -0.3 is 34.6 Å². The lowest BCUT2D eigenvalue weighted by molar-refractivity contribution is -0.137. The quantitative estimate of drug-likeness (QED) is 0.224. The number of aliphatic imine (C=N–C) groups is 1. The zero-order valence-electron chi connectivity index (χ0n) is 35.3. The molecule has 0 spiro atoms. The van der Waals surface area contributed by atoms with E-state index in [-0.39, 0.29) is 29.8 Å². The van der Waals surface area contributed by atoms with E-state index in [1.165, 1.54) is 42.1 Å². The second-order valence-electron chi connectivity index (χ2n) is 16.7. The predicted molar refractivity (Wildman–Crippen MR) is 228 cm³/mol. The molecule has 3 fully saturated rings. The number of nitrogens with zero attached hydrogens (tertiary/aromatic N) is 3. The van der Waals surface area contributed by atoms with Crippen LogP contribution in [0.25, 0.3) is 22.3 Å². The van der Waals surface area contributed by atoms with E-state index in [1.54, 1.807) is 14.0 Å². The van der Waals surface area contributed by atoms with Crippen LogP contribution >= 0.6 is 0 Å². The Kier molecular flexibility index (Phi) is 13.0. The monoisotopic (exact) mass is 805 g/mol. The van der Waals surface area contributed by atoms with Gasteiger partial charge in [-0.05, 0) is 121 Å². The molecular weight excluding hydrogens is 747 g/mol. The first-order valence-electron chi connectivity index (χ1n) is 21.3. The maximum atomic E-state index is 14.0. The first-order chi connectivity index (χ1) is 28.5. The molecule has 3 aliphatic heterocycles. The summed E-state index contributed by atoms with van der Waals surface area (Å²) in [6, 6.07) is 16.0. The summed E-state index contributed by atoms with van der Waals surface area (Å²) in [4.78, 5) is 60.5. The first-order valence-corrected chi connectivity index (χ1v) is 21.3. The van der Waals surface area contributed by atoms with Crippen LogP contribution in [0, 0.1) is 5.92 Å². The second kappa shape index (κ2) is 18.4. The van der Waals surface area contributed by atoms with E-state index in [9.17, 15) is 19.2 Å². The van der Waals surface area contributed by atoms with Crippen LogP contribution < -0.4 is 10.6 Å². The van der Waals surface area contributed by atoms with E-state index < -0.39 is 30.4 Å². The number of hydrogen-bond acceptors (Lipinski definition) is 8. The first kappa shape index (κ1) is 41.9. The predicted octanol–water partition coefficient (Wildman–Crippen LogP) is 7.69. The Balaban J connectivity index is 1.01. The summed E-state index contributed by atoms with van der Waals surface area (Å²) in [6.07, 6.45) is 9.65. The fraction of sp³-hybridized carbons (Fsp3) is 0.511. The van der Waals surface area contributed by atoms with Gasteiger partial charge in [-0.3, -0.25) is 14.6 Å². The van der Waals surface area contributed by atoms with Crippen LogP contribution in [0.2, 0.25) is 0 Å². The standard InChI is InChI=1S/C47H59N5O7/c1-28(2)42(49-46(55)58-5)44(53)52-24-10-14-41(52)39-25-34(27-48-39)32-17-15-30(16-18-32)31-19-21-33(22-20-31)37-26-38(36-12-8-7-11-35(36)37)40-13-9-23-51(40)45(54)43(29(3)57-4)50-47(56)59-6/h15-22,27-29,40-43H,7-14,23-26H2,1-6H3,(H,49,55)(H,50,56)/t29-,40+,41+,42+,43+/m1/s1. The van der Waals surface area contributed by atoms with Gasteiger partial charge in [0.1, 0.15) is 12.1 Å². The van der Waals surface area contributed by atoms with Crippen LogP contribution in [0.5, 0.6) is 0 Å². The van der Waals surface area contributed by atoms with Gasteiger partial charge in [0.25, 0.3) is 0 Å². The Hall–Kier alpha value is -5.23. The Morgan fingerprint density at radius 2 is 1.17 bits per heavy atom. The SMILES string of the molecule is COC(=O)N[C@H](C(=O)N1CCC[C@H]1C1=NC=C(c2ccc(-c3ccc(C4=C5CCCCC5=C([C@@H]5CCCN5C(=O)[C@@H](NC(=O)OC)[C@@H](C)OC)C4)cc3)cc2)C1)C(C)C. The lowest BCUT2D eigenvalue weighted by Crippen LogP contribution is -2.55. The average Bonchev–Trinajstić information content (AvgIpc) is 4.10. The number of likely N-dealkylation sites (tertiary alicyclic amines) is 2. The third-order valence-corrected chi connectivity index (χ3v) is 13.0. The summed E-state index contributed by atoms with van der Waals surface area (Å²) in [5.41, 5.74) is 12.3. The summed E-state index contributed by atoms with van der Waals surface area (Å²) in [5.74, 6) is -0.301. The van der Waals surface area contributed by atoms with E-state index in [1.807, 2.05) is 29.8 Å². The number of fused-ring (bicyclic) bond motifs is 1. The number of ether oxygens (including phenoxy) is 3. The molecule has 0 bridgehead atoms. The number of benzene rings is 2. The molecule has 2 aromatic carbocycles. The maximum absolute atomic E-state index is 14.0. The summed E-state index contributed by atoms with van der Waals surface area (Å²) >= 11 is 0. The second-order valence-corrected chi connectivity index (χ2v) is 16.7. The molecule has 2 N–H and O–H groups in total. The lowest BCUT2D eigenvalue weighted by atomic mass is 9.86. The van der Waals surface area contributed by atoms with Crippen LogP contribution in [0.4, 0.5) is 9.59 Å². The summed E-state index contributed by atoms with van der Waals surface area (Å²) < 4.78 is 15.1. The molecule has 2 aliphatic carbocycles. The molecule has 3 heterocycles. The van der Waals surface area contributed by atoms with Gasteiger partial charge >= 0.3 is 12.2 Å². The molecule has 5 atom stereocenters. The molecule has 12 nitrogen and oxygen atoms in total. The van der Waals surface area contributed by atoms with Gasteiger partial charge in [0.05, 0.1) is 32.4 Å². The molecule has 0 aromatic heterocycles. The average molecular weight is 806 g/mol. The molecular formula is C47H59N5O7. The summed E-state index contributed by atoms with van der Waals surface area (Å²) in [6.45, 7) is 6.93. The largest absolute Gasteiger partial charge is 0.453 e. The highest BCUT2D eigenvalue weighted by atomic mass is 16.5. The number of carbonyl (C=O) groups excluding carboxylic acids is 4. The Bertz CT molecular complexity index is 2050. The molecule has 12 heteroatoms. The molecule has 0 unspecified atom stereocenters. The number of rotatable bonds is 12. The van der Waals surface area contributed by atoms with Crippen molar-refractivity contribution in [1.82, 2.24) is 20.4 Å². The van der Waals surface area contributed by atoms with Crippen molar-refractivity contribution in [3.63, 3.8) is 0 Å². The van der Waals surface area contributed by atoms with E-state index in [0.29, 0.717) is 19.5 Å².